The molecule has 10 heteroatoms. The van der Waals surface area contributed by atoms with Crippen molar-refractivity contribution in [2.75, 3.05) is 24.9 Å². The van der Waals surface area contributed by atoms with Crippen LogP contribution < -0.4 is 20.7 Å². The fraction of sp³-hybridized carbons (Fsp3) is 0.333. The molecular weight excluding hydrogens is 656 g/mol. The normalized spacial score (nSPS) is 12.8. The van der Waals surface area contributed by atoms with Gasteiger partial charge in [-0.1, -0.05) is 66.4 Å². The van der Waals surface area contributed by atoms with Crippen LogP contribution in [0.4, 0.5) is 21.9 Å². The van der Waals surface area contributed by atoms with E-state index < -0.39 is 23.9 Å². The van der Waals surface area contributed by atoms with Gasteiger partial charge in [0.2, 0.25) is 6.08 Å². The number of anilines is 2. The van der Waals surface area contributed by atoms with Crippen LogP contribution in [0.15, 0.2) is 71.7 Å². The van der Waals surface area contributed by atoms with Gasteiger partial charge in [-0.15, -0.1) is 0 Å². The molecule has 1 aliphatic rings. The van der Waals surface area contributed by atoms with Crippen LogP contribution in [0.1, 0.15) is 69.4 Å². The molecule has 10 nitrogen and oxygen atoms in total. The van der Waals surface area contributed by atoms with Gasteiger partial charge in [0.05, 0.1) is 31.2 Å². The molecule has 1 aliphatic carbocycles. The number of esters is 1. The number of carbonyl (C=O) groups is 3. The van der Waals surface area contributed by atoms with Crippen LogP contribution in [0, 0.1) is 47.5 Å². The van der Waals surface area contributed by atoms with E-state index in [2.05, 4.69) is 20.9 Å². The number of hydrogen-bond donors (Lipinski definition) is 3. The van der Waals surface area contributed by atoms with E-state index in [1.807, 2.05) is 96.1 Å². The van der Waals surface area contributed by atoms with Crippen LogP contribution in [0.2, 0.25) is 0 Å². The molecule has 0 spiro atoms. The number of ether oxygens (including phenoxy) is 2. The number of nitrogens with zero attached hydrogens (tertiary/aromatic N) is 1. The number of nitrogens with one attached hydrogen (secondary N) is 3. The van der Waals surface area contributed by atoms with Gasteiger partial charge in [0, 0.05) is 5.69 Å². The Labute approximate surface area is 306 Å². The van der Waals surface area contributed by atoms with Gasteiger partial charge in [-0.2, -0.15) is 4.99 Å². The SMILES string of the molecule is COC(=O)[C@@H](NC(=O)c1ccc(-c2ccc(OC)cc2)cc1NC(=O)Nc1c(C)cc(C)cc1C)C1CCCC1.Cc1cc(C)c(N=C=O)c(C)c1. The summed E-state index contributed by atoms with van der Waals surface area (Å²) < 4.78 is 10.3. The summed E-state index contributed by atoms with van der Waals surface area (Å²) in [4.78, 5) is 53.1. The third-order valence-electron chi connectivity index (χ3n) is 9.26. The molecule has 1 fully saturated rings. The zero-order valence-corrected chi connectivity index (χ0v) is 31.2. The highest BCUT2D eigenvalue weighted by Crippen LogP contribution is 2.31. The number of isocyanates is 1. The minimum Gasteiger partial charge on any atom is -0.497 e. The maximum atomic E-state index is 13.6. The number of amides is 3. The van der Waals surface area contributed by atoms with Crippen LogP contribution in [-0.4, -0.2) is 44.2 Å². The second-order valence-electron chi connectivity index (χ2n) is 13.3. The molecule has 52 heavy (non-hydrogen) atoms. The van der Waals surface area contributed by atoms with Crippen molar-refractivity contribution in [1.82, 2.24) is 5.32 Å². The van der Waals surface area contributed by atoms with Gasteiger partial charge in [0.15, 0.2) is 0 Å². The topological polar surface area (TPSA) is 135 Å². The van der Waals surface area contributed by atoms with E-state index >= 15 is 0 Å². The molecule has 0 saturated heterocycles. The molecule has 0 unspecified atom stereocenters. The van der Waals surface area contributed by atoms with E-state index in [0.717, 1.165) is 76.1 Å². The van der Waals surface area contributed by atoms with Crippen molar-refractivity contribution in [2.24, 2.45) is 10.9 Å². The van der Waals surface area contributed by atoms with E-state index in [0.29, 0.717) is 11.4 Å². The predicted octanol–water partition coefficient (Wildman–Crippen LogP) is 8.97. The fourth-order valence-corrected chi connectivity index (χ4v) is 6.85. The predicted molar refractivity (Wildman–Crippen MR) is 205 cm³/mol. The first-order valence-corrected chi connectivity index (χ1v) is 17.3. The molecule has 272 valence electrons. The molecule has 0 heterocycles. The zero-order valence-electron chi connectivity index (χ0n) is 31.2. The monoisotopic (exact) mass is 704 g/mol. The third kappa shape index (κ3) is 9.95. The van der Waals surface area contributed by atoms with Crippen molar-refractivity contribution in [3.8, 4) is 16.9 Å². The second-order valence-corrected chi connectivity index (χ2v) is 13.3. The number of aryl methyl sites for hydroxylation is 6. The number of rotatable bonds is 9. The maximum Gasteiger partial charge on any atom is 0.328 e. The van der Waals surface area contributed by atoms with Crippen molar-refractivity contribution in [3.05, 3.63) is 106 Å². The lowest BCUT2D eigenvalue weighted by Gasteiger charge is -2.23. The molecule has 4 aromatic rings. The fourth-order valence-electron chi connectivity index (χ4n) is 6.85. The van der Waals surface area contributed by atoms with E-state index in [1.54, 1.807) is 25.3 Å². The first-order valence-electron chi connectivity index (χ1n) is 17.3. The number of methoxy groups -OCH3 is 2. The van der Waals surface area contributed by atoms with E-state index in [4.69, 9.17) is 9.47 Å². The molecule has 4 aromatic carbocycles. The minimum absolute atomic E-state index is 0.0159. The van der Waals surface area contributed by atoms with Gasteiger partial charge in [0.1, 0.15) is 11.8 Å². The molecule has 3 N–H and O–H groups in total. The van der Waals surface area contributed by atoms with Crippen LogP contribution in [0.5, 0.6) is 5.75 Å². The largest absolute Gasteiger partial charge is 0.497 e. The lowest BCUT2D eigenvalue weighted by Crippen LogP contribution is -2.46. The van der Waals surface area contributed by atoms with Gasteiger partial charge in [-0.25, -0.2) is 14.4 Å². The van der Waals surface area contributed by atoms with Crippen LogP contribution >= 0.6 is 0 Å². The van der Waals surface area contributed by atoms with Crippen molar-refractivity contribution >= 4 is 41.0 Å². The van der Waals surface area contributed by atoms with Gasteiger partial charge in [-0.3, -0.25) is 4.79 Å². The Morgan fingerprint density at radius 2 is 1.31 bits per heavy atom. The van der Waals surface area contributed by atoms with E-state index in [-0.39, 0.29) is 11.5 Å². The number of aliphatic imine (C=N–C) groups is 1. The van der Waals surface area contributed by atoms with Gasteiger partial charge in [-0.05, 0) is 118 Å². The summed E-state index contributed by atoms with van der Waals surface area (Å²) in [6.45, 7) is 11.8. The first kappa shape index (κ1) is 39.1. The van der Waals surface area contributed by atoms with Crippen LogP contribution in [0.3, 0.4) is 0 Å². The van der Waals surface area contributed by atoms with E-state index in [1.165, 1.54) is 12.7 Å². The highest BCUT2D eigenvalue weighted by atomic mass is 16.5. The second kappa shape index (κ2) is 18.0. The Bertz CT molecular complexity index is 1930. The summed E-state index contributed by atoms with van der Waals surface area (Å²) in [6, 6.07) is 19.5. The summed E-state index contributed by atoms with van der Waals surface area (Å²) in [7, 11) is 2.93. The molecule has 1 saturated carbocycles. The number of carbonyl (C=O) groups excluding carboxylic acids is 4. The maximum absolute atomic E-state index is 13.6. The van der Waals surface area contributed by atoms with Crippen molar-refractivity contribution < 1.29 is 28.7 Å². The quantitative estimate of drug-likeness (QED) is 0.0905. The Morgan fingerprint density at radius 3 is 1.85 bits per heavy atom. The average molecular weight is 705 g/mol. The third-order valence-corrected chi connectivity index (χ3v) is 9.26. The van der Waals surface area contributed by atoms with Crippen LogP contribution in [0.25, 0.3) is 11.1 Å². The molecule has 0 aliphatic heterocycles. The molecule has 0 radical (unpaired) electrons. The van der Waals surface area contributed by atoms with Crippen molar-refractivity contribution in [3.63, 3.8) is 0 Å². The van der Waals surface area contributed by atoms with Crippen LogP contribution in [-0.2, 0) is 14.3 Å². The standard InChI is InChI=1S/C32H37N3O5.C10H11NO/c1-19-16-20(2)28(21(3)17-19)35-32(38)33-27-18-24(22-10-13-25(39-4)14-11-22)12-15-26(27)30(36)34-29(31(37)40-5)23-8-6-7-9-23;1-7-4-8(2)10(11-6-12)9(3)5-7/h10-18,23,29H,6-9H2,1-5H3,(H,34,36)(H2,33,35,38);4-5H,1-3H3/t29-;/m0./s1. The molecule has 0 aromatic heterocycles. The molecular formula is C42H48N4O6. The Kier molecular flexibility index (Phi) is 13.5. The summed E-state index contributed by atoms with van der Waals surface area (Å²) >= 11 is 0. The highest BCUT2D eigenvalue weighted by Gasteiger charge is 2.33. The lowest BCUT2D eigenvalue weighted by atomic mass is 9.97. The number of urea groups is 1. The summed E-state index contributed by atoms with van der Waals surface area (Å²) in [5.74, 6) is -0.182. The lowest BCUT2D eigenvalue weighted by molar-refractivity contribution is -0.144. The van der Waals surface area contributed by atoms with Gasteiger partial charge >= 0.3 is 12.0 Å². The number of benzene rings is 4. The smallest absolute Gasteiger partial charge is 0.328 e. The average Bonchev–Trinajstić information content (AvgIpc) is 3.65. The highest BCUT2D eigenvalue weighted by molar-refractivity contribution is 6.08. The zero-order chi connectivity index (χ0) is 37.9. The van der Waals surface area contributed by atoms with Crippen molar-refractivity contribution in [1.29, 1.82) is 0 Å². The summed E-state index contributed by atoms with van der Waals surface area (Å²) in [5.41, 5.74) is 9.94. The molecule has 1 atom stereocenters. The number of hydrogen-bond acceptors (Lipinski definition) is 7. The van der Waals surface area contributed by atoms with E-state index in [9.17, 15) is 19.2 Å². The van der Waals surface area contributed by atoms with Gasteiger partial charge in [0.25, 0.3) is 5.91 Å². The van der Waals surface area contributed by atoms with Gasteiger partial charge < -0.3 is 25.4 Å². The first-order chi connectivity index (χ1) is 24.8. The Morgan fingerprint density at radius 1 is 0.750 bits per heavy atom. The molecule has 3 amide bonds. The summed E-state index contributed by atoms with van der Waals surface area (Å²) in [5, 5.41) is 8.70. The summed E-state index contributed by atoms with van der Waals surface area (Å²) in [6.07, 6.45) is 5.27. The van der Waals surface area contributed by atoms with Crippen molar-refractivity contribution in [2.45, 2.75) is 73.3 Å². The Balaban J connectivity index is 0.000000427. The molecule has 0 bridgehead atoms. The Hall–Kier alpha value is -5.73. The minimum atomic E-state index is -0.749. The molecule has 5 rings (SSSR count).